The first-order chi connectivity index (χ1) is 6.66. The quantitative estimate of drug-likeness (QED) is 0.717. The van der Waals surface area contributed by atoms with Crippen LogP contribution in [0.25, 0.3) is 0 Å². The highest BCUT2D eigenvalue weighted by Crippen LogP contribution is 2.29. The van der Waals surface area contributed by atoms with Crippen molar-refractivity contribution >= 4 is 28.9 Å². The molecule has 0 radical (unpaired) electrons. The molecule has 1 atom stereocenters. The van der Waals surface area contributed by atoms with Crippen molar-refractivity contribution in [2.45, 2.75) is 19.5 Å². The van der Waals surface area contributed by atoms with Gasteiger partial charge in [-0.05, 0) is 24.6 Å². The van der Waals surface area contributed by atoms with Gasteiger partial charge in [-0.1, -0.05) is 23.2 Å². The van der Waals surface area contributed by atoms with E-state index in [0.717, 1.165) is 18.8 Å². The maximum Gasteiger partial charge on any atom is 0.0613 e. The number of anilines is 1. The van der Waals surface area contributed by atoms with Gasteiger partial charge in [-0.15, -0.1) is 0 Å². The molecular formula is C10H12Cl2N2. The molecule has 0 aliphatic carbocycles. The van der Waals surface area contributed by atoms with E-state index in [1.165, 1.54) is 5.56 Å². The molecule has 0 saturated carbocycles. The monoisotopic (exact) mass is 230 g/mol. The Kier molecular flexibility index (Phi) is 2.86. The summed E-state index contributed by atoms with van der Waals surface area (Å²) in [7, 11) is 0. The Hall–Kier alpha value is -0.440. The fourth-order valence-corrected chi connectivity index (χ4v) is 1.87. The SMILES string of the molecule is C[C@H]1CNc2cc(Cl)c(Cl)cc2CN1. The van der Waals surface area contributed by atoms with Crippen molar-refractivity contribution in [2.24, 2.45) is 0 Å². The van der Waals surface area contributed by atoms with Gasteiger partial charge < -0.3 is 10.6 Å². The number of hydrogen-bond donors (Lipinski definition) is 2. The second-order valence-corrected chi connectivity index (χ2v) is 4.40. The van der Waals surface area contributed by atoms with Gasteiger partial charge in [0.1, 0.15) is 0 Å². The van der Waals surface area contributed by atoms with Crippen molar-refractivity contribution in [3.8, 4) is 0 Å². The van der Waals surface area contributed by atoms with Crippen LogP contribution >= 0.6 is 23.2 Å². The Morgan fingerprint density at radius 3 is 2.79 bits per heavy atom. The fraction of sp³-hybridized carbons (Fsp3) is 0.400. The molecule has 1 aliphatic rings. The van der Waals surface area contributed by atoms with Crippen molar-refractivity contribution in [1.82, 2.24) is 5.32 Å². The van der Waals surface area contributed by atoms with Crippen LogP contribution in [0.4, 0.5) is 5.69 Å². The molecule has 2 N–H and O–H groups in total. The van der Waals surface area contributed by atoms with E-state index in [-0.39, 0.29) is 0 Å². The minimum atomic E-state index is 0.458. The van der Waals surface area contributed by atoms with Gasteiger partial charge >= 0.3 is 0 Å². The standard InChI is InChI=1S/C10H12Cl2N2/c1-6-4-14-10-3-9(12)8(11)2-7(10)5-13-6/h2-3,6,13-14H,4-5H2,1H3/t6-/m0/s1. The van der Waals surface area contributed by atoms with Crippen LogP contribution in [-0.4, -0.2) is 12.6 Å². The summed E-state index contributed by atoms with van der Waals surface area (Å²) in [4.78, 5) is 0. The molecule has 0 unspecified atom stereocenters. The summed E-state index contributed by atoms with van der Waals surface area (Å²) in [5, 5.41) is 7.94. The summed E-state index contributed by atoms with van der Waals surface area (Å²) >= 11 is 11.9. The minimum absolute atomic E-state index is 0.458. The average molecular weight is 231 g/mol. The number of hydrogen-bond acceptors (Lipinski definition) is 2. The van der Waals surface area contributed by atoms with E-state index in [0.29, 0.717) is 16.1 Å². The Morgan fingerprint density at radius 2 is 2.00 bits per heavy atom. The van der Waals surface area contributed by atoms with Crippen molar-refractivity contribution in [2.75, 3.05) is 11.9 Å². The summed E-state index contributed by atoms with van der Waals surface area (Å²) < 4.78 is 0. The molecule has 4 heteroatoms. The third kappa shape index (κ3) is 1.97. The van der Waals surface area contributed by atoms with E-state index in [4.69, 9.17) is 23.2 Å². The second-order valence-electron chi connectivity index (χ2n) is 3.59. The summed E-state index contributed by atoms with van der Waals surface area (Å²) in [6.07, 6.45) is 0. The molecule has 1 heterocycles. The number of nitrogens with one attached hydrogen (secondary N) is 2. The van der Waals surface area contributed by atoms with Crippen molar-refractivity contribution in [1.29, 1.82) is 0 Å². The number of halogens is 2. The van der Waals surface area contributed by atoms with E-state index >= 15 is 0 Å². The third-order valence-electron chi connectivity index (χ3n) is 2.39. The highest BCUT2D eigenvalue weighted by Gasteiger charge is 2.13. The van der Waals surface area contributed by atoms with Crippen molar-refractivity contribution in [3.05, 3.63) is 27.7 Å². The molecule has 1 aliphatic heterocycles. The predicted molar refractivity (Wildman–Crippen MR) is 61.3 cm³/mol. The zero-order chi connectivity index (χ0) is 10.1. The summed E-state index contributed by atoms with van der Waals surface area (Å²) in [6, 6.07) is 4.26. The Balaban J connectivity index is 2.36. The van der Waals surface area contributed by atoms with Gasteiger partial charge in [0.15, 0.2) is 0 Å². The maximum atomic E-state index is 5.95. The second kappa shape index (κ2) is 3.97. The molecule has 0 fully saturated rings. The van der Waals surface area contributed by atoms with Crippen molar-refractivity contribution < 1.29 is 0 Å². The molecule has 0 aromatic heterocycles. The van der Waals surface area contributed by atoms with Gasteiger partial charge in [0.25, 0.3) is 0 Å². The molecule has 0 spiro atoms. The number of fused-ring (bicyclic) bond motifs is 1. The molecule has 0 amide bonds. The molecule has 2 nitrogen and oxygen atoms in total. The highest BCUT2D eigenvalue weighted by molar-refractivity contribution is 6.42. The molecule has 14 heavy (non-hydrogen) atoms. The molecule has 0 bridgehead atoms. The lowest BCUT2D eigenvalue weighted by Gasteiger charge is -2.08. The van der Waals surface area contributed by atoms with E-state index in [2.05, 4.69) is 17.6 Å². The summed E-state index contributed by atoms with van der Waals surface area (Å²) in [5.41, 5.74) is 2.25. The zero-order valence-corrected chi connectivity index (χ0v) is 9.41. The van der Waals surface area contributed by atoms with E-state index in [1.807, 2.05) is 12.1 Å². The minimum Gasteiger partial charge on any atom is -0.383 e. The molecular weight excluding hydrogens is 219 g/mol. The summed E-state index contributed by atoms with van der Waals surface area (Å²) in [6.45, 7) is 3.88. The molecule has 0 saturated heterocycles. The number of benzene rings is 1. The van der Waals surface area contributed by atoms with E-state index in [9.17, 15) is 0 Å². The Bertz CT molecular complexity index is 319. The van der Waals surface area contributed by atoms with Crippen LogP contribution in [0.15, 0.2) is 12.1 Å². The van der Waals surface area contributed by atoms with Crippen molar-refractivity contribution in [3.63, 3.8) is 0 Å². The maximum absolute atomic E-state index is 5.95. The van der Waals surface area contributed by atoms with Gasteiger partial charge in [-0.2, -0.15) is 0 Å². The van der Waals surface area contributed by atoms with Crippen LogP contribution in [0, 0.1) is 0 Å². The lowest BCUT2D eigenvalue weighted by Crippen LogP contribution is -2.29. The average Bonchev–Trinajstić information content (AvgIpc) is 2.31. The molecule has 2 rings (SSSR count). The molecule has 1 aromatic carbocycles. The normalized spacial score (nSPS) is 20.9. The highest BCUT2D eigenvalue weighted by atomic mass is 35.5. The van der Waals surface area contributed by atoms with Crippen LogP contribution in [0.1, 0.15) is 12.5 Å². The third-order valence-corrected chi connectivity index (χ3v) is 3.11. The predicted octanol–water partition coefficient (Wildman–Crippen LogP) is 2.90. The molecule has 1 aromatic rings. The molecule has 76 valence electrons. The lowest BCUT2D eigenvalue weighted by molar-refractivity contribution is 0.581. The fourth-order valence-electron chi connectivity index (χ4n) is 1.52. The van der Waals surface area contributed by atoms with Gasteiger partial charge in [0, 0.05) is 24.8 Å². The van der Waals surface area contributed by atoms with Gasteiger partial charge in [-0.25, -0.2) is 0 Å². The smallest absolute Gasteiger partial charge is 0.0613 e. The van der Waals surface area contributed by atoms with Crippen LogP contribution < -0.4 is 10.6 Å². The topological polar surface area (TPSA) is 24.1 Å². The van der Waals surface area contributed by atoms with Crippen LogP contribution in [0.3, 0.4) is 0 Å². The van der Waals surface area contributed by atoms with E-state index < -0.39 is 0 Å². The van der Waals surface area contributed by atoms with Gasteiger partial charge in [0.05, 0.1) is 10.0 Å². The Labute approximate surface area is 93.6 Å². The number of rotatable bonds is 0. The largest absolute Gasteiger partial charge is 0.383 e. The van der Waals surface area contributed by atoms with Gasteiger partial charge in [-0.3, -0.25) is 0 Å². The van der Waals surface area contributed by atoms with Gasteiger partial charge in [0.2, 0.25) is 0 Å². The zero-order valence-electron chi connectivity index (χ0n) is 7.90. The van der Waals surface area contributed by atoms with Crippen LogP contribution in [0.5, 0.6) is 0 Å². The summed E-state index contributed by atoms with van der Waals surface area (Å²) in [5.74, 6) is 0. The van der Waals surface area contributed by atoms with Crippen LogP contribution in [-0.2, 0) is 6.54 Å². The first-order valence-electron chi connectivity index (χ1n) is 4.62. The first kappa shape index (κ1) is 10.1. The first-order valence-corrected chi connectivity index (χ1v) is 5.37. The Morgan fingerprint density at radius 1 is 1.29 bits per heavy atom. The lowest BCUT2D eigenvalue weighted by atomic mass is 10.2. The van der Waals surface area contributed by atoms with Crippen LogP contribution in [0.2, 0.25) is 10.0 Å². The van der Waals surface area contributed by atoms with E-state index in [1.54, 1.807) is 0 Å².